The Morgan fingerprint density at radius 3 is 2.38 bits per heavy atom. The summed E-state index contributed by atoms with van der Waals surface area (Å²) in [5, 5.41) is 0. The topological polar surface area (TPSA) is 29.5 Å². The standard InChI is InChI=1S/C22H28NO2P/c1-17-8-10-18(11-9-17)21-19-6-4-5-7-20(19)22(25-21)12-14-23(15-13-22)16-26(2,3)24/h4-11,21H,12-16H2,1-3H3. The molecule has 1 spiro atoms. The molecule has 1 saturated heterocycles. The Hall–Kier alpha value is -1.41. The van der Waals surface area contributed by atoms with Crippen LogP contribution in [0, 0.1) is 6.92 Å². The number of nitrogens with zero attached hydrogens (tertiary/aromatic N) is 1. The van der Waals surface area contributed by atoms with Gasteiger partial charge in [0.25, 0.3) is 0 Å². The molecule has 4 rings (SSSR count). The molecule has 2 aliphatic heterocycles. The van der Waals surface area contributed by atoms with Crippen LogP contribution < -0.4 is 0 Å². The number of hydrogen-bond donors (Lipinski definition) is 0. The summed E-state index contributed by atoms with van der Waals surface area (Å²) in [7, 11) is -2.02. The molecular weight excluding hydrogens is 341 g/mol. The fraction of sp³-hybridized carbons (Fsp3) is 0.455. The minimum absolute atomic E-state index is 0.0156. The number of hydrogen-bond acceptors (Lipinski definition) is 3. The maximum atomic E-state index is 12.2. The van der Waals surface area contributed by atoms with Crippen molar-refractivity contribution in [3.63, 3.8) is 0 Å². The first-order chi connectivity index (χ1) is 12.4. The Morgan fingerprint density at radius 2 is 1.73 bits per heavy atom. The van der Waals surface area contributed by atoms with Gasteiger partial charge >= 0.3 is 0 Å². The number of benzene rings is 2. The van der Waals surface area contributed by atoms with E-state index in [1.165, 1.54) is 22.3 Å². The van der Waals surface area contributed by atoms with Gasteiger partial charge in [-0.3, -0.25) is 4.90 Å². The molecule has 2 aliphatic rings. The molecule has 0 bridgehead atoms. The average Bonchev–Trinajstić information content (AvgIpc) is 2.92. The molecule has 26 heavy (non-hydrogen) atoms. The van der Waals surface area contributed by atoms with Crippen molar-refractivity contribution in [1.29, 1.82) is 0 Å². The van der Waals surface area contributed by atoms with Gasteiger partial charge in [0.05, 0.1) is 19.0 Å². The minimum atomic E-state index is -2.02. The largest absolute Gasteiger partial charge is 0.358 e. The molecule has 2 heterocycles. The van der Waals surface area contributed by atoms with Crippen LogP contribution in [0.25, 0.3) is 0 Å². The van der Waals surface area contributed by atoms with Gasteiger partial charge in [-0.25, -0.2) is 0 Å². The third-order valence-corrected chi connectivity index (χ3v) is 6.74. The zero-order chi connectivity index (χ0) is 18.4. The molecule has 0 aromatic heterocycles. The van der Waals surface area contributed by atoms with E-state index in [1.54, 1.807) is 0 Å². The van der Waals surface area contributed by atoms with E-state index in [9.17, 15) is 4.57 Å². The first-order valence-electron chi connectivity index (χ1n) is 9.46. The fourth-order valence-corrected chi connectivity index (χ4v) is 5.65. The summed E-state index contributed by atoms with van der Waals surface area (Å²) < 4.78 is 19.0. The molecule has 1 unspecified atom stereocenters. The van der Waals surface area contributed by atoms with Gasteiger partial charge in [-0.05, 0) is 49.8 Å². The highest BCUT2D eigenvalue weighted by molar-refractivity contribution is 7.62. The van der Waals surface area contributed by atoms with Gasteiger partial charge in [0.2, 0.25) is 0 Å². The lowest BCUT2D eigenvalue weighted by atomic mass is 9.83. The molecule has 138 valence electrons. The molecule has 0 saturated carbocycles. The van der Waals surface area contributed by atoms with Crippen molar-refractivity contribution >= 4 is 7.14 Å². The summed E-state index contributed by atoms with van der Waals surface area (Å²) in [5.41, 5.74) is 4.96. The number of aryl methyl sites for hydroxylation is 1. The van der Waals surface area contributed by atoms with Gasteiger partial charge in [-0.15, -0.1) is 0 Å². The summed E-state index contributed by atoms with van der Waals surface area (Å²) in [6, 6.07) is 17.4. The molecular formula is C22H28NO2P. The van der Waals surface area contributed by atoms with Crippen molar-refractivity contribution in [2.24, 2.45) is 0 Å². The summed E-state index contributed by atoms with van der Waals surface area (Å²) in [6.45, 7) is 7.77. The van der Waals surface area contributed by atoms with Crippen molar-refractivity contribution < 1.29 is 9.30 Å². The Labute approximate surface area is 156 Å². The van der Waals surface area contributed by atoms with Gasteiger partial charge < -0.3 is 9.30 Å². The second kappa shape index (κ2) is 6.64. The van der Waals surface area contributed by atoms with E-state index in [0.29, 0.717) is 6.29 Å². The summed E-state index contributed by atoms with van der Waals surface area (Å²) >= 11 is 0. The average molecular weight is 369 g/mol. The van der Waals surface area contributed by atoms with Crippen molar-refractivity contribution in [2.75, 3.05) is 32.7 Å². The summed E-state index contributed by atoms with van der Waals surface area (Å²) in [6.07, 6.45) is 2.66. The molecule has 1 atom stereocenters. The Balaban J connectivity index is 1.61. The minimum Gasteiger partial charge on any atom is -0.358 e. The zero-order valence-corrected chi connectivity index (χ0v) is 16.8. The Morgan fingerprint density at radius 1 is 1.08 bits per heavy atom. The molecule has 3 nitrogen and oxygen atoms in total. The highest BCUT2D eigenvalue weighted by Gasteiger charge is 2.47. The van der Waals surface area contributed by atoms with Gasteiger partial charge in [0, 0.05) is 13.1 Å². The molecule has 2 aromatic carbocycles. The zero-order valence-electron chi connectivity index (χ0n) is 15.9. The highest BCUT2D eigenvalue weighted by atomic mass is 31.2. The highest BCUT2D eigenvalue weighted by Crippen LogP contribution is 2.52. The first kappa shape index (κ1) is 18.0. The van der Waals surface area contributed by atoms with Crippen LogP contribution in [-0.2, 0) is 14.9 Å². The first-order valence-corrected chi connectivity index (χ1v) is 12.3. The predicted octanol–water partition coefficient (Wildman–Crippen LogP) is 4.99. The van der Waals surface area contributed by atoms with Crippen LogP contribution in [0.15, 0.2) is 48.5 Å². The molecule has 0 radical (unpaired) electrons. The van der Waals surface area contributed by atoms with Crippen LogP contribution in [0.3, 0.4) is 0 Å². The predicted molar refractivity (Wildman–Crippen MR) is 107 cm³/mol. The second-order valence-corrected chi connectivity index (χ2v) is 11.8. The monoisotopic (exact) mass is 369 g/mol. The van der Waals surface area contributed by atoms with E-state index in [2.05, 4.69) is 60.4 Å². The van der Waals surface area contributed by atoms with Crippen LogP contribution in [0.1, 0.15) is 41.2 Å². The van der Waals surface area contributed by atoms with Crippen molar-refractivity contribution in [2.45, 2.75) is 31.5 Å². The maximum Gasteiger partial charge on any atom is 0.109 e. The van der Waals surface area contributed by atoms with E-state index in [-0.39, 0.29) is 11.7 Å². The lowest BCUT2D eigenvalue weighted by Gasteiger charge is -2.40. The van der Waals surface area contributed by atoms with Crippen LogP contribution in [0.2, 0.25) is 0 Å². The van der Waals surface area contributed by atoms with Crippen LogP contribution in [0.4, 0.5) is 0 Å². The SMILES string of the molecule is Cc1ccc(C2OC3(CCN(CP(C)(C)=O)CC3)c3ccccc32)cc1. The third-order valence-electron chi connectivity index (χ3n) is 5.66. The molecule has 0 aliphatic carbocycles. The number of likely N-dealkylation sites (tertiary alicyclic amines) is 1. The van der Waals surface area contributed by atoms with Gasteiger partial charge in [0.15, 0.2) is 0 Å². The number of ether oxygens (including phenoxy) is 1. The van der Waals surface area contributed by atoms with E-state index in [1.807, 2.05) is 13.3 Å². The summed E-state index contributed by atoms with van der Waals surface area (Å²) in [4.78, 5) is 2.34. The summed E-state index contributed by atoms with van der Waals surface area (Å²) in [5.74, 6) is 0. The third kappa shape index (κ3) is 3.41. The lowest BCUT2D eigenvalue weighted by Crippen LogP contribution is -2.42. The van der Waals surface area contributed by atoms with E-state index in [4.69, 9.17) is 4.74 Å². The smallest absolute Gasteiger partial charge is 0.109 e. The van der Waals surface area contributed by atoms with E-state index in [0.717, 1.165) is 25.9 Å². The van der Waals surface area contributed by atoms with Gasteiger partial charge in [-0.2, -0.15) is 0 Å². The van der Waals surface area contributed by atoms with Crippen LogP contribution in [0.5, 0.6) is 0 Å². The van der Waals surface area contributed by atoms with Crippen molar-refractivity contribution in [3.05, 3.63) is 70.8 Å². The molecule has 1 fully saturated rings. The van der Waals surface area contributed by atoms with Crippen molar-refractivity contribution in [1.82, 2.24) is 4.90 Å². The van der Waals surface area contributed by atoms with Crippen molar-refractivity contribution in [3.8, 4) is 0 Å². The van der Waals surface area contributed by atoms with Gasteiger partial charge in [0.1, 0.15) is 6.10 Å². The molecule has 4 heteroatoms. The van der Waals surface area contributed by atoms with Gasteiger partial charge in [-0.1, -0.05) is 54.1 Å². The Kier molecular flexibility index (Phi) is 4.59. The van der Waals surface area contributed by atoms with E-state index >= 15 is 0 Å². The number of piperidine rings is 1. The number of fused-ring (bicyclic) bond motifs is 2. The van der Waals surface area contributed by atoms with Crippen LogP contribution >= 0.6 is 7.14 Å². The molecule has 0 N–H and O–H groups in total. The van der Waals surface area contributed by atoms with E-state index < -0.39 is 7.14 Å². The molecule has 0 amide bonds. The van der Waals surface area contributed by atoms with Crippen LogP contribution in [-0.4, -0.2) is 37.6 Å². The fourth-order valence-electron chi connectivity index (χ4n) is 4.41. The Bertz CT molecular complexity index is 831. The normalized spacial score (nSPS) is 22.5. The quantitative estimate of drug-likeness (QED) is 0.714. The molecule has 2 aromatic rings. The lowest BCUT2D eigenvalue weighted by molar-refractivity contribution is -0.0950. The second-order valence-electron chi connectivity index (χ2n) is 8.32. The number of rotatable bonds is 3. The maximum absolute atomic E-state index is 12.2.